The van der Waals surface area contributed by atoms with Crippen LogP contribution in [0.25, 0.3) is 11.0 Å². The minimum atomic E-state index is -0.130. The molecule has 25 heavy (non-hydrogen) atoms. The van der Waals surface area contributed by atoms with Crippen LogP contribution in [-0.2, 0) is 4.74 Å². The summed E-state index contributed by atoms with van der Waals surface area (Å²) in [6.45, 7) is 6.28. The van der Waals surface area contributed by atoms with Gasteiger partial charge in [0, 0.05) is 29.0 Å². The van der Waals surface area contributed by atoms with Gasteiger partial charge in [-0.25, -0.2) is 4.98 Å². The lowest BCUT2D eigenvalue weighted by atomic mass is 9.94. The maximum Gasteiger partial charge on any atom is 0.166 e. The molecule has 132 valence electrons. The number of methoxy groups -OCH3 is 2. The van der Waals surface area contributed by atoms with E-state index in [4.69, 9.17) is 14.5 Å². The molecule has 0 amide bonds. The molecule has 1 aliphatic heterocycles. The van der Waals surface area contributed by atoms with Crippen LogP contribution in [0.2, 0.25) is 0 Å². The number of benzene rings is 1. The first-order valence-corrected chi connectivity index (χ1v) is 9.09. The normalized spacial score (nSPS) is 16.8. The molecule has 6 heteroatoms. The molecule has 0 unspecified atom stereocenters. The fourth-order valence-corrected chi connectivity index (χ4v) is 3.53. The van der Waals surface area contributed by atoms with Crippen molar-refractivity contribution >= 4 is 29.0 Å². The van der Waals surface area contributed by atoms with Gasteiger partial charge in [-0.15, -0.1) is 0 Å². The second kappa shape index (κ2) is 6.96. The summed E-state index contributed by atoms with van der Waals surface area (Å²) in [6, 6.07) is 5.82. The van der Waals surface area contributed by atoms with Gasteiger partial charge in [-0.05, 0) is 25.1 Å². The standard InChI is InChI=1S/C19H23N3O2S/c1-12-16(20-11-19(2,3)9-17(12)24-5)10-25-18-21-14-7-6-13(23-4)8-15(14)22-18/h6-9,11H,10H2,1-5H3,(H,21,22). The Morgan fingerprint density at radius 2 is 2.00 bits per heavy atom. The monoisotopic (exact) mass is 357 g/mol. The highest BCUT2D eigenvalue weighted by molar-refractivity contribution is 7.99. The van der Waals surface area contributed by atoms with Gasteiger partial charge in [-0.3, -0.25) is 4.99 Å². The highest BCUT2D eigenvalue weighted by Crippen LogP contribution is 2.30. The Bertz CT molecular complexity index is 878. The highest BCUT2D eigenvalue weighted by Gasteiger charge is 2.20. The molecule has 1 aromatic carbocycles. The molecule has 3 rings (SSSR count). The molecular weight excluding hydrogens is 334 g/mol. The molecule has 0 saturated carbocycles. The fraction of sp³-hybridized carbons (Fsp3) is 0.368. The van der Waals surface area contributed by atoms with Gasteiger partial charge in [0.15, 0.2) is 5.16 Å². The molecule has 0 aliphatic carbocycles. The Balaban J connectivity index is 1.82. The molecule has 1 N–H and O–H groups in total. The number of aromatic nitrogens is 2. The van der Waals surface area contributed by atoms with E-state index in [1.54, 1.807) is 26.0 Å². The predicted molar refractivity (Wildman–Crippen MR) is 103 cm³/mol. The molecule has 0 fully saturated rings. The number of aromatic amines is 1. The SMILES string of the molecule is COC1=CC(C)(C)C=NC(CSc2nc3ccc(OC)cc3[nH]2)=C1C. The predicted octanol–water partition coefficient (Wildman–Crippen LogP) is 4.58. The quantitative estimate of drug-likeness (QED) is 0.796. The molecule has 1 aliphatic rings. The Morgan fingerprint density at radius 1 is 1.20 bits per heavy atom. The maximum absolute atomic E-state index is 5.55. The van der Waals surface area contributed by atoms with E-state index in [1.807, 2.05) is 31.3 Å². The molecule has 0 saturated heterocycles. The molecule has 1 aromatic heterocycles. The molecule has 0 atom stereocenters. The summed E-state index contributed by atoms with van der Waals surface area (Å²) < 4.78 is 10.8. The number of hydrogen-bond donors (Lipinski definition) is 1. The number of fused-ring (bicyclic) bond motifs is 1. The van der Waals surface area contributed by atoms with Crippen molar-refractivity contribution in [2.24, 2.45) is 10.4 Å². The summed E-state index contributed by atoms with van der Waals surface area (Å²) in [5, 5.41) is 0.866. The highest BCUT2D eigenvalue weighted by atomic mass is 32.2. The van der Waals surface area contributed by atoms with Crippen molar-refractivity contribution in [3.05, 3.63) is 41.3 Å². The summed E-state index contributed by atoms with van der Waals surface area (Å²) >= 11 is 1.63. The van der Waals surface area contributed by atoms with Crippen molar-refractivity contribution < 1.29 is 9.47 Å². The van der Waals surface area contributed by atoms with Crippen molar-refractivity contribution in [3.63, 3.8) is 0 Å². The van der Waals surface area contributed by atoms with E-state index in [-0.39, 0.29) is 5.41 Å². The van der Waals surface area contributed by atoms with Crippen LogP contribution in [0, 0.1) is 5.41 Å². The third-order valence-electron chi connectivity index (χ3n) is 4.09. The van der Waals surface area contributed by atoms with E-state index >= 15 is 0 Å². The van der Waals surface area contributed by atoms with Gasteiger partial charge in [-0.2, -0.15) is 0 Å². The molecule has 5 nitrogen and oxygen atoms in total. The first kappa shape index (κ1) is 17.6. The van der Waals surface area contributed by atoms with E-state index in [1.165, 1.54) is 0 Å². The minimum absolute atomic E-state index is 0.130. The van der Waals surface area contributed by atoms with E-state index in [2.05, 4.69) is 29.9 Å². The summed E-state index contributed by atoms with van der Waals surface area (Å²) in [5.41, 5.74) is 3.83. The van der Waals surface area contributed by atoms with Gasteiger partial charge in [-0.1, -0.05) is 25.6 Å². The zero-order valence-corrected chi connectivity index (χ0v) is 16.0. The number of rotatable bonds is 5. The number of hydrogen-bond acceptors (Lipinski definition) is 5. The van der Waals surface area contributed by atoms with Gasteiger partial charge in [0.25, 0.3) is 0 Å². The Kier molecular flexibility index (Phi) is 4.90. The Hall–Kier alpha value is -2.21. The first-order chi connectivity index (χ1) is 11.9. The third kappa shape index (κ3) is 3.90. The minimum Gasteiger partial charge on any atom is -0.497 e. The molecule has 0 spiro atoms. The summed E-state index contributed by atoms with van der Waals surface area (Å²) in [7, 11) is 3.36. The third-order valence-corrected chi connectivity index (χ3v) is 4.98. The molecule has 0 bridgehead atoms. The average Bonchev–Trinajstić information content (AvgIpc) is 2.96. The van der Waals surface area contributed by atoms with E-state index in [0.29, 0.717) is 0 Å². The second-order valence-electron chi connectivity index (χ2n) is 6.58. The van der Waals surface area contributed by atoms with Gasteiger partial charge in [0.2, 0.25) is 0 Å². The average molecular weight is 357 g/mol. The number of aliphatic imine (C=N–C) groups is 1. The zero-order valence-electron chi connectivity index (χ0n) is 15.2. The van der Waals surface area contributed by atoms with Crippen LogP contribution >= 0.6 is 11.8 Å². The molecule has 2 aromatic rings. The van der Waals surface area contributed by atoms with Crippen LogP contribution in [0.3, 0.4) is 0 Å². The lowest BCUT2D eigenvalue weighted by Crippen LogP contribution is -2.09. The van der Waals surface area contributed by atoms with Crippen LogP contribution in [0.1, 0.15) is 20.8 Å². The second-order valence-corrected chi connectivity index (χ2v) is 7.54. The number of nitrogens with zero attached hydrogens (tertiary/aromatic N) is 2. The lowest BCUT2D eigenvalue weighted by Gasteiger charge is -2.14. The van der Waals surface area contributed by atoms with Crippen LogP contribution in [0.15, 0.2) is 51.5 Å². The van der Waals surface area contributed by atoms with E-state index < -0.39 is 0 Å². The summed E-state index contributed by atoms with van der Waals surface area (Å²) in [4.78, 5) is 12.6. The van der Waals surface area contributed by atoms with Crippen molar-refractivity contribution in [2.75, 3.05) is 20.0 Å². The van der Waals surface area contributed by atoms with Gasteiger partial charge < -0.3 is 14.5 Å². The Morgan fingerprint density at radius 3 is 2.72 bits per heavy atom. The molecular formula is C19H23N3O2S. The van der Waals surface area contributed by atoms with Crippen LogP contribution in [-0.4, -0.2) is 36.2 Å². The fourth-order valence-electron chi connectivity index (χ4n) is 2.62. The largest absolute Gasteiger partial charge is 0.497 e. The number of imidazole rings is 1. The number of ether oxygens (including phenoxy) is 2. The van der Waals surface area contributed by atoms with Crippen LogP contribution < -0.4 is 4.74 Å². The van der Waals surface area contributed by atoms with Gasteiger partial charge in [0.05, 0.1) is 31.0 Å². The molecule has 0 radical (unpaired) electrons. The van der Waals surface area contributed by atoms with Crippen molar-refractivity contribution in [2.45, 2.75) is 25.9 Å². The smallest absolute Gasteiger partial charge is 0.166 e. The number of allylic oxidation sites excluding steroid dienone is 2. The van der Waals surface area contributed by atoms with Crippen molar-refractivity contribution in [1.82, 2.24) is 9.97 Å². The van der Waals surface area contributed by atoms with Gasteiger partial charge in [0.1, 0.15) is 11.5 Å². The summed E-state index contributed by atoms with van der Waals surface area (Å²) in [6.07, 6.45) is 4.08. The van der Waals surface area contributed by atoms with Crippen LogP contribution in [0.5, 0.6) is 5.75 Å². The lowest BCUT2D eigenvalue weighted by molar-refractivity contribution is 0.295. The van der Waals surface area contributed by atoms with Crippen molar-refractivity contribution in [1.29, 1.82) is 0 Å². The zero-order chi connectivity index (χ0) is 18.0. The number of thioether (sulfide) groups is 1. The van der Waals surface area contributed by atoms with Gasteiger partial charge >= 0.3 is 0 Å². The number of nitrogens with one attached hydrogen (secondary N) is 1. The summed E-state index contributed by atoms with van der Waals surface area (Å²) in [5.74, 6) is 2.42. The molecule has 2 heterocycles. The van der Waals surface area contributed by atoms with Crippen molar-refractivity contribution in [3.8, 4) is 5.75 Å². The van der Waals surface area contributed by atoms with Crippen LogP contribution in [0.4, 0.5) is 0 Å². The topological polar surface area (TPSA) is 59.5 Å². The first-order valence-electron chi connectivity index (χ1n) is 8.10. The van der Waals surface area contributed by atoms with E-state index in [9.17, 15) is 0 Å². The number of H-pyrrole nitrogens is 1. The van der Waals surface area contributed by atoms with E-state index in [0.717, 1.165) is 44.7 Å². The Labute approximate surface area is 152 Å². The maximum atomic E-state index is 5.55.